The second-order valence-electron chi connectivity index (χ2n) is 6.32. The molecule has 0 atom stereocenters. The maximum absolute atomic E-state index is 2.55. The van der Waals surface area contributed by atoms with Gasteiger partial charge in [-0.25, -0.2) is 0 Å². The van der Waals surface area contributed by atoms with E-state index in [1.807, 2.05) is 22.7 Å². The second kappa shape index (κ2) is 4.02. The lowest BCUT2D eigenvalue weighted by Gasteiger charge is -2.28. The summed E-state index contributed by atoms with van der Waals surface area (Å²) in [5.41, 5.74) is 7.23. The van der Waals surface area contributed by atoms with E-state index >= 15 is 0 Å². The van der Waals surface area contributed by atoms with Crippen molar-refractivity contribution < 1.29 is 4.48 Å². The Hall–Kier alpha value is -2.17. The van der Waals surface area contributed by atoms with Gasteiger partial charge in [0.15, 0.2) is 0 Å². The van der Waals surface area contributed by atoms with E-state index in [-0.39, 0.29) is 0 Å². The van der Waals surface area contributed by atoms with Gasteiger partial charge in [0, 0.05) is 0 Å². The fraction of sp³-hybridized carbons (Fsp3) is 0. The molecule has 4 heterocycles. The van der Waals surface area contributed by atoms with Gasteiger partial charge in [-0.3, -0.25) is 0 Å². The van der Waals surface area contributed by atoms with E-state index in [1.54, 1.807) is 0 Å². The molecule has 4 aromatic rings. The molecule has 108 valence electrons. The lowest BCUT2D eigenvalue weighted by molar-refractivity contribution is -0.518. The zero-order chi connectivity index (χ0) is 15.0. The summed E-state index contributed by atoms with van der Waals surface area (Å²) in [4.78, 5) is 1.45. The van der Waals surface area contributed by atoms with E-state index in [0.717, 1.165) is 0 Å². The number of aromatic nitrogens is 1. The van der Waals surface area contributed by atoms with Crippen LogP contribution in [0.15, 0.2) is 71.6 Å². The molecule has 0 saturated carbocycles. The predicted molar refractivity (Wildman–Crippen MR) is 99.8 cm³/mol. The summed E-state index contributed by atoms with van der Waals surface area (Å²) in [6.07, 6.45) is 1.23. The number of thiophene rings is 1. The van der Waals surface area contributed by atoms with Crippen LogP contribution in [0.5, 0.6) is 0 Å². The number of thiazole rings is 1. The highest BCUT2D eigenvalue weighted by molar-refractivity contribution is 7.25. The lowest BCUT2D eigenvalue weighted by Crippen LogP contribution is -2.80. The van der Waals surface area contributed by atoms with Crippen LogP contribution in [-0.4, -0.2) is 6.28 Å². The molecule has 0 saturated heterocycles. The van der Waals surface area contributed by atoms with Crippen LogP contribution in [0.2, 0.25) is 0 Å². The maximum Gasteiger partial charge on any atom is 0.363 e. The number of nitrogens with zero attached hydrogens (tertiary/aromatic N) is 1. The van der Waals surface area contributed by atoms with Gasteiger partial charge in [0.05, 0.1) is 10.3 Å². The predicted octanol–water partition coefficient (Wildman–Crippen LogP) is 2.57. The van der Waals surface area contributed by atoms with Crippen LogP contribution >= 0.6 is 22.7 Å². The third-order valence-corrected chi connectivity index (χ3v) is 7.47. The molecule has 0 N–H and O–H groups in total. The van der Waals surface area contributed by atoms with E-state index in [4.69, 9.17) is 0 Å². The SMILES string of the molecule is c1ccc2c(c1)-c1ccccc1[B-]21c2ccsc2-c2scc[n+]21. The smallest absolute Gasteiger partial charge is 0.363 e. The van der Waals surface area contributed by atoms with Gasteiger partial charge in [-0.2, -0.15) is 0 Å². The summed E-state index contributed by atoms with van der Waals surface area (Å²) in [5, 5.41) is 5.88. The zero-order valence-electron chi connectivity index (χ0n) is 12.3. The van der Waals surface area contributed by atoms with Crippen molar-refractivity contribution in [1.29, 1.82) is 0 Å². The Morgan fingerprint density at radius 2 is 1.39 bits per heavy atom. The Kier molecular flexibility index (Phi) is 2.15. The van der Waals surface area contributed by atoms with Gasteiger partial charge in [0.2, 0.25) is 5.01 Å². The fourth-order valence-electron chi connectivity index (χ4n) is 4.75. The minimum absolute atomic E-state index is 1.05. The molecule has 2 aliphatic heterocycles. The standard InChI is InChI=1S/C19H12BNS2/c1-3-7-15-13(5-1)14-6-2-4-8-16(14)20(15)17-9-11-22-18(17)19-21(20)10-12-23-19/h1-12H. The molecule has 0 radical (unpaired) electrons. The number of rotatable bonds is 0. The maximum atomic E-state index is 2.55. The van der Waals surface area contributed by atoms with Crippen molar-refractivity contribution in [1.82, 2.24) is 0 Å². The summed E-state index contributed by atoms with van der Waals surface area (Å²) in [5.74, 6) is 0. The third kappa shape index (κ3) is 1.22. The molecular weight excluding hydrogens is 317 g/mol. The first kappa shape index (κ1) is 12.3. The Bertz CT molecular complexity index is 1000. The molecule has 6 rings (SSSR count). The average Bonchev–Trinajstić information content (AvgIpc) is 3.33. The summed E-state index contributed by atoms with van der Waals surface area (Å²) >= 11 is 3.73. The first-order valence-electron chi connectivity index (χ1n) is 7.85. The van der Waals surface area contributed by atoms with E-state index in [9.17, 15) is 0 Å². The zero-order valence-corrected chi connectivity index (χ0v) is 13.9. The second-order valence-corrected chi connectivity index (χ2v) is 8.13. The van der Waals surface area contributed by atoms with Crippen molar-refractivity contribution in [2.24, 2.45) is 0 Å². The average molecular weight is 329 g/mol. The van der Waals surface area contributed by atoms with Gasteiger partial charge in [0.25, 0.3) is 0 Å². The van der Waals surface area contributed by atoms with Crippen molar-refractivity contribution in [3.05, 3.63) is 71.6 Å². The molecule has 1 nitrogen and oxygen atoms in total. The highest BCUT2D eigenvalue weighted by Crippen LogP contribution is 2.36. The van der Waals surface area contributed by atoms with Gasteiger partial charge in [-0.05, 0) is 16.5 Å². The molecule has 0 amide bonds. The minimum Gasteiger partial charge on any atom is -0.397 e. The van der Waals surface area contributed by atoms with Gasteiger partial charge >= 0.3 is 6.28 Å². The first-order chi connectivity index (χ1) is 11.4. The molecule has 0 unspecified atom stereocenters. The van der Waals surface area contributed by atoms with Crippen LogP contribution in [0.4, 0.5) is 0 Å². The molecular formula is C19H12BNS2. The van der Waals surface area contributed by atoms with Gasteiger partial charge in [0.1, 0.15) is 6.20 Å². The summed E-state index contributed by atoms with van der Waals surface area (Å²) in [6, 6.07) is 20.3. The number of hydrogen-bond acceptors (Lipinski definition) is 2. The Labute approximate surface area is 142 Å². The topological polar surface area (TPSA) is 3.88 Å². The van der Waals surface area contributed by atoms with Crippen molar-refractivity contribution in [3.63, 3.8) is 0 Å². The van der Waals surface area contributed by atoms with Crippen LogP contribution in [0.3, 0.4) is 0 Å². The largest absolute Gasteiger partial charge is 0.397 e. The Morgan fingerprint density at radius 1 is 0.696 bits per heavy atom. The minimum atomic E-state index is -1.05. The van der Waals surface area contributed by atoms with Gasteiger partial charge in [-0.1, -0.05) is 65.9 Å². The van der Waals surface area contributed by atoms with Crippen LogP contribution in [0.1, 0.15) is 0 Å². The quantitative estimate of drug-likeness (QED) is 0.377. The lowest BCUT2D eigenvalue weighted by atomic mass is 9.27. The van der Waals surface area contributed by atoms with Crippen LogP contribution < -0.4 is 20.9 Å². The molecule has 4 heteroatoms. The molecule has 0 aliphatic carbocycles. The summed E-state index contributed by atoms with van der Waals surface area (Å²) in [7, 11) is 0. The Morgan fingerprint density at radius 3 is 2.13 bits per heavy atom. The first-order valence-corrected chi connectivity index (χ1v) is 9.61. The molecule has 2 aliphatic rings. The highest BCUT2D eigenvalue weighted by atomic mass is 32.1. The van der Waals surface area contributed by atoms with Crippen molar-refractivity contribution >= 4 is 45.3 Å². The summed E-state index contributed by atoms with van der Waals surface area (Å²) < 4.78 is 2.55. The van der Waals surface area contributed by atoms with E-state index < -0.39 is 6.28 Å². The number of hydrogen-bond donors (Lipinski definition) is 0. The molecule has 0 bridgehead atoms. The van der Waals surface area contributed by atoms with Crippen LogP contribution in [0.25, 0.3) is 21.0 Å². The third-order valence-electron chi connectivity index (χ3n) is 5.50. The van der Waals surface area contributed by atoms with Crippen molar-refractivity contribution in [3.8, 4) is 21.0 Å². The van der Waals surface area contributed by atoms with Crippen LogP contribution in [0, 0.1) is 0 Å². The molecule has 2 aromatic carbocycles. The highest BCUT2D eigenvalue weighted by Gasteiger charge is 2.55. The molecule has 2 aromatic heterocycles. The van der Waals surface area contributed by atoms with Crippen molar-refractivity contribution in [2.75, 3.05) is 0 Å². The Balaban J connectivity index is 1.89. The molecule has 0 fully saturated rings. The molecule has 1 spiro atoms. The summed E-state index contributed by atoms with van der Waals surface area (Å²) in [6.45, 7) is 0. The van der Waals surface area contributed by atoms with Crippen molar-refractivity contribution in [2.45, 2.75) is 0 Å². The number of benzene rings is 2. The number of fused-ring (bicyclic) bond motifs is 10. The van der Waals surface area contributed by atoms with E-state index in [2.05, 4.69) is 76.0 Å². The van der Waals surface area contributed by atoms with E-state index in [1.165, 1.54) is 37.4 Å². The van der Waals surface area contributed by atoms with Gasteiger partial charge in [-0.15, -0.1) is 27.7 Å². The van der Waals surface area contributed by atoms with Crippen LogP contribution in [-0.2, 0) is 0 Å². The normalized spacial score (nSPS) is 15.3. The van der Waals surface area contributed by atoms with Gasteiger partial charge < -0.3 is 4.48 Å². The molecule has 23 heavy (non-hydrogen) atoms. The fourth-order valence-corrected chi connectivity index (χ4v) is 6.86. The monoisotopic (exact) mass is 329 g/mol. The van der Waals surface area contributed by atoms with E-state index in [0.29, 0.717) is 0 Å².